The highest BCUT2D eigenvalue weighted by molar-refractivity contribution is 5.59. The first-order chi connectivity index (χ1) is 8.22. The molecule has 17 heavy (non-hydrogen) atoms. The Hall–Kier alpha value is -1.57. The van der Waals surface area contributed by atoms with Gasteiger partial charge in [-0.1, -0.05) is 30.7 Å². The second-order valence-electron chi connectivity index (χ2n) is 5.20. The van der Waals surface area contributed by atoms with Gasteiger partial charge in [0, 0.05) is 24.7 Å². The molecule has 2 nitrogen and oxygen atoms in total. The molecule has 0 unspecified atom stereocenters. The average molecular weight is 226 g/mol. The smallest absolute Gasteiger partial charge is 0.109 e. The Labute approximate surface area is 102 Å². The third-order valence-electron chi connectivity index (χ3n) is 3.57. The summed E-state index contributed by atoms with van der Waals surface area (Å²) in [6.45, 7) is 5.56. The van der Waals surface area contributed by atoms with Crippen LogP contribution in [0.1, 0.15) is 24.7 Å². The maximum atomic E-state index is 4.78. The SMILES string of the molecule is Cc1cccc(-c2cn3c(n2)C[C@H](C)CC3)c1. The number of rotatable bonds is 1. The van der Waals surface area contributed by atoms with Crippen molar-refractivity contribution in [3.05, 3.63) is 41.9 Å². The molecule has 3 rings (SSSR count). The van der Waals surface area contributed by atoms with E-state index in [1.54, 1.807) is 0 Å². The number of fused-ring (bicyclic) bond motifs is 1. The standard InChI is InChI=1S/C15H18N2/c1-11-4-3-5-13(8-11)14-10-17-7-6-12(2)9-15(17)16-14/h3-5,8,10,12H,6-7,9H2,1-2H3/t12-/m1/s1. The zero-order valence-corrected chi connectivity index (χ0v) is 10.5. The molecule has 0 saturated carbocycles. The van der Waals surface area contributed by atoms with Gasteiger partial charge in [0.25, 0.3) is 0 Å². The van der Waals surface area contributed by atoms with E-state index >= 15 is 0 Å². The maximum Gasteiger partial charge on any atom is 0.109 e. The highest BCUT2D eigenvalue weighted by Gasteiger charge is 2.17. The molecule has 2 heterocycles. The third-order valence-corrected chi connectivity index (χ3v) is 3.57. The minimum absolute atomic E-state index is 0.773. The number of nitrogens with zero attached hydrogens (tertiary/aromatic N) is 2. The predicted octanol–water partition coefficient (Wildman–Crippen LogP) is 3.44. The summed E-state index contributed by atoms with van der Waals surface area (Å²) in [6.07, 6.45) is 4.60. The summed E-state index contributed by atoms with van der Waals surface area (Å²) in [5.74, 6) is 2.02. The van der Waals surface area contributed by atoms with E-state index in [0.29, 0.717) is 0 Å². The second kappa shape index (κ2) is 4.02. The molecule has 0 bridgehead atoms. The first-order valence-electron chi connectivity index (χ1n) is 6.35. The fourth-order valence-electron chi connectivity index (χ4n) is 2.53. The van der Waals surface area contributed by atoms with Crippen molar-refractivity contribution in [3.8, 4) is 11.3 Å². The lowest BCUT2D eigenvalue weighted by molar-refractivity contribution is 0.409. The lowest BCUT2D eigenvalue weighted by Gasteiger charge is -2.18. The van der Waals surface area contributed by atoms with Crippen LogP contribution in [0.3, 0.4) is 0 Å². The molecule has 1 aromatic heterocycles. The van der Waals surface area contributed by atoms with Crippen molar-refractivity contribution in [3.63, 3.8) is 0 Å². The maximum absolute atomic E-state index is 4.78. The number of hydrogen-bond acceptors (Lipinski definition) is 1. The highest BCUT2D eigenvalue weighted by atomic mass is 15.1. The van der Waals surface area contributed by atoms with Gasteiger partial charge < -0.3 is 4.57 Å². The normalized spacial score (nSPS) is 19.1. The molecule has 0 saturated heterocycles. The highest BCUT2D eigenvalue weighted by Crippen LogP contribution is 2.25. The molecule has 0 fully saturated rings. The van der Waals surface area contributed by atoms with Crippen LogP contribution in [-0.4, -0.2) is 9.55 Å². The second-order valence-corrected chi connectivity index (χ2v) is 5.20. The van der Waals surface area contributed by atoms with Crippen molar-refractivity contribution >= 4 is 0 Å². The van der Waals surface area contributed by atoms with Crippen LogP contribution < -0.4 is 0 Å². The Morgan fingerprint density at radius 2 is 2.24 bits per heavy atom. The minimum atomic E-state index is 0.773. The Bertz CT molecular complexity index is 540. The summed E-state index contributed by atoms with van der Waals surface area (Å²) >= 11 is 0. The Kier molecular flexibility index (Phi) is 2.50. The van der Waals surface area contributed by atoms with Gasteiger partial charge in [0.2, 0.25) is 0 Å². The van der Waals surface area contributed by atoms with Gasteiger partial charge in [-0.15, -0.1) is 0 Å². The summed E-state index contributed by atoms with van der Waals surface area (Å²) in [4.78, 5) is 4.78. The largest absolute Gasteiger partial charge is 0.334 e. The summed E-state index contributed by atoms with van der Waals surface area (Å²) < 4.78 is 2.32. The molecule has 0 spiro atoms. The zero-order valence-electron chi connectivity index (χ0n) is 10.5. The Morgan fingerprint density at radius 3 is 3.06 bits per heavy atom. The molecule has 0 aliphatic carbocycles. The summed E-state index contributed by atoms with van der Waals surface area (Å²) in [5, 5.41) is 0. The van der Waals surface area contributed by atoms with Crippen LogP contribution in [0, 0.1) is 12.8 Å². The number of aromatic nitrogens is 2. The van der Waals surface area contributed by atoms with E-state index in [2.05, 4.69) is 48.9 Å². The molecule has 1 aliphatic rings. The first-order valence-corrected chi connectivity index (χ1v) is 6.35. The molecule has 0 radical (unpaired) electrons. The van der Waals surface area contributed by atoms with E-state index in [1.165, 1.54) is 23.4 Å². The summed E-state index contributed by atoms with van der Waals surface area (Å²) in [7, 11) is 0. The minimum Gasteiger partial charge on any atom is -0.334 e. The van der Waals surface area contributed by atoms with E-state index in [1.807, 2.05) is 0 Å². The van der Waals surface area contributed by atoms with Gasteiger partial charge in [-0.2, -0.15) is 0 Å². The summed E-state index contributed by atoms with van der Waals surface area (Å²) in [5.41, 5.74) is 3.65. The monoisotopic (exact) mass is 226 g/mol. The van der Waals surface area contributed by atoms with Crippen molar-refractivity contribution in [1.29, 1.82) is 0 Å². The molecule has 1 aliphatic heterocycles. The van der Waals surface area contributed by atoms with Crippen molar-refractivity contribution in [2.75, 3.05) is 0 Å². The van der Waals surface area contributed by atoms with E-state index in [4.69, 9.17) is 4.98 Å². The fraction of sp³-hybridized carbons (Fsp3) is 0.400. The molecular formula is C15H18N2. The molecular weight excluding hydrogens is 208 g/mol. The van der Waals surface area contributed by atoms with Gasteiger partial charge in [0.15, 0.2) is 0 Å². The average Bonchev–Trinajstić information content (AvgIpc) is 2.72. The van der Waals surface area contributed by atoms with Crippen LogP contribution in [0.25, 0.3) is 11.3 Å². The van der Waals surface area contributed by atoms with Crippen LogP contribution in [0.15, 0.2) is 30.5 Å². The Balaban J connectivity index is 2.00. The molecule has 88 valence electrons. The van der Waals surface area contributed by atoms with Gasteiger partial charge >= 0.3 is 0 Å². The van der Waals surface area contributed by atoms with E-state index < -0.39 is 0 Å². The molecule has 2 aromatic rings. The fourth-order valence-corrected chi connectivity index (χ4v) is 2.53. The van der Waals surface area contributed by atoms with Crippen LogP contribution in [-0.2, 0) is 13.0 Å². The first kappa shape index (κ1) is 10.6. The van der Waals surface area contributed by atoms with Gasteiger partial charge in [-0.3, -0.25) is 0 Å². The van der Waals surface area contributed by atoms with Crippen molar-refractivity contribution in [2.24, 2.45) is 5.92 Å². The Morgan fingerprint density at radius 1 is 1.35 bits per heavy atom. The van der Waals surface area contributed by atoms with Crippen molar-refractivity contribution in [1.82, 2.24) is 9.55 Å². The lowest BCUT2D eigenvalue weighted by atomic mass is 10.0. The number of aryl methyl sites for hydroxylation is 2. The van der Waals surface area contributed by atoms with E-state index in [0.717, 1.165) is 24.6 Å². The van der Waals surface area contributed by atoms with Gasteiger partial charge in [-0.25, -0.2) is 4.98 Å². The van der Waals surface area contributed by atoms with Crippen LogP contribution >= 0.6 is 0 Å². The van der Waals surface area contributed by atoms with Crippen LogP contribution in [0.5, 0.6) is 0 Å². The third kappa shape index (κ3) is 1.99. The molecule has 0 amide bonds. The molecule has 2 heteroatoms. The van der Waals surface area contributed by atoms with Crippen molar-refractivity contribution < 1.29 is 0 Å². The zero-order chi connectivity index (χ0) is 11.8. The lowest BCUT2D eigenvalue weighted by Crippen LogP contribution is -2.16. The van der Waals surface area contributed by atoms with Crippen molar-refractivity contribution in [2.45, 2.75) is 33.2 Å². The molecule has 0 N–H and O–H groups in total. The summed E-state index contributed by atoms with van der Waals surface area (Å²) in [6, 6.07) is 8.58. The van der Waals surface area contributed by atoms with Crippen LogP contribution in [0.2, 0.25) is 0 Å². The van der Waals surface area contributed by atoms with Gasteiger partial charge in [0.1, 0.15) is 5.82 Å². The van der Waals surface area contributed by atoms with Crippen LogP contribution in [0.4, 0.5) is 0 Å². The topological polar surface area (TPSA) is 17.8 Å². The molecule has 1 aromatic carbocycles. The predicted molar refractivity (Wildman–Crippen MR) is 69.9 cm³/mol. The molecule has 1 atom stereocenters. The van der Waals surface area contributed by atoms with E-state index in [-0.39, 0.29) is 0 Å². The number of benzene rings is 1. The number of imidazole rings is 1. The van der Waals surface area contributed by atoms with E-state index in [9.17, 15) is 0 Å². The quantitative estimate of drug-likeness (QED) is 0.728. The number of hydrogen-bond donors (Lipinski definition) is 0. The van der Waals surface area contributed by atoms with Gasteiger partial charge in [-0.05, 0) is 25.3 Å². The van der Waals surface area contributed by atoms with Gasteiger partial charge in [0.05, 0.1) is 5.69 Å².